The highest BCUT2D eigenvalue weighted by atomic mass is 32.1. The van der Waals surface area contributed by atoms with E-state index in [4.69, 9.17) is 42.9 Å². The van der Waals surface area contributed by atoms with E-state index >= 15 is 4.39 Å². The third-order valence-corrected chi connectivity index (χ3v) is 16.7. The zero-order valence-electron chi connectivity index (χ0n) is 51.0. The van der Waals surface area contributed by atoms with Gasteiger partial charge in [-0.2, -0.15) is 27.0 Å². The Bertz CT molecular complexity index is 3550. The number of nitrogens with zero attached hydrogens (tertiary/aromatic N) is 2. The van der Waals surface area contributed by atoms with Gasteiger partial charge in [0.1, 0.15) is 50.7 Å². The lowest BCUT2D eigenvalue weighted by molar-refractivity contribution is -0.253. The number of esters is 3. The van der Waals surface area contributed by atoms with Gasteiger partial charge in [-0.3, -0.25) is 33.6 Å². The maximum absolute atomic E-state index is 15.4. The molecule has 5 heterocycles. The van der Waals surface area contributed by atoms with Crippen LogP contribution in [0.2, 0.25) is 0 Å². The first kappa shape index (κ1) is 69.9. The summed E-state index contributed by atoms with van der Waals surface area (Å²) in [7, 11) is 0. The number of nitrogens with one attached hydrogen (secondary N) is 4. The lowest BCUT2D eigenvalue weighted by atomic mass is 9.81. The van der Waals surface area contributed by atoms with Gasteiger partial charge in [0.15, 0.2) is 17.5 Å². The lowest BCUT2D eigenvalue weighted by Gasteiger charge is -2.43. The molecule has 3 aliphatic heterocycles. The van der Waals surface area contributed by atoms with Crippen LogP contribution in [0.5, 0.6) is 5.75 Å². The van der Waals surface area contributed by atoms with E-state index in [1.807, 2.05) is 13.8 Å². The van der Waals surface area contributed by atoms with Crippen molar-refractivity contribution in [1.29, 1.82) is 0 Å². The Morgan fingerprint density at radius 2 is 1.68 bits per heavy atom. The molecular weight excluding hydrogens is 1210 g/mol. The van der Waals surface area contributed by atoms with Crippen LogP contribution in [0, 0.1) is 36.4 Å². The molecule has 0 radical (unpaired) electrons. The molecule has 4 amide bonds. The molecule has 9 rings (SSSR count). The monoisotopic (exact) mass is 1290 g/mol. The zero-order chi connectivity index (χ0) is 63.0. The Balaban J connectivity index is 0.00000576. The Labute approximate surface area is 532 Å². The van der Waals surface area contributed by atoms with Crippen molar-refractivity contribution in [2.24, 2.45) is 11.8 Å². The second kappa shape index (κ2) is 30.9. The molecule has 1 unspecified atom stereocenters. The summed E-state index contributed by atoms with van der Waals surface area (Å²) in [6, 6.07) is 6.63. The van der Waals surface area contributed by atoms with Gasteiger partial charge in [-0.1, -0.05) is 39.2 Å². The minimum Gasteiger partial charge on any atom is -0.463 e. The maximum Gasteiger partial charge on any atom is 0.407 e. The number of fused-ring (bicyclic) bond motifs is 5. The Hall–Kier alpha value is -7.61. The molecule has 4 aromatic rings. The van der Waals surface area contributed by atoms with E-state index < -0.39 is 102 Å². The van der Waals surface area contributed by atoms with Crippen LogP contribution in [0.15, 0.2) is 35.1 Å². The van der Waals surface area contributed by atoms with Crippen molar-refractivity contribution in [3.63, 3.8) is 0 Å². The number of Topliss-reactive ketones (excluding diaryl/α,β-unsaturated/α-hetero) is 1. The normalized spacial score (nSPS) is 21.9. The molecule has 5 N–H and O–H groups in total. The topological polar surface area (TPSA) is 314 Å². The van der Waals surface area contributed by atoms with Crippen LogP contribution in [0.1, 0.15) is 141 Å². The smallest absolute Gasteiger partial charge is 0.407 e. The molecule has 2 aliphatic carbocycles. The number of cyclic esters (lactones) is 1. The number of aliphatic hydroxyl groups is 1. The molecule has 0 saturated carbocycles. The highest BCUT2D eigenvalue weighted by molar-refractivity contribution is 7.59. The van der Waals surface area contributed by atoms with E-state index in [1.165, 1.54) is 42.7 Å². The number of alkyl carbamates (subject to hydrolysis) is 1. The molecule has 8 atom stereocenters. The van der Waals surface area contributed by atoms with Crippen LogP contribution in [0.25, 0.3) is 22.3 Å². The molecule has 1 saturated heterocycles. The molecule has 1 fully saturated rings. The van der Waals surface area contributed by atoms with Crippen molar-refractivity contribution in [3.05, 3.63) is 91.0 Å². The minimum absolute atomic E-state index is 0. The molecule has 486 valence electrons. The maximum atomic E-state index is 15.4. The molecule has 2 aromatic carbocycles. The summed E-state index contributed by atoms with van der Waals surface area (Å²) in [5.74, 6) is 1.00. The van der Waals surface area contributed by atoms with Crippen LogP contribution in [-0.2, 0) is 93.7 Å². The molecule has 0 bridgehead atoms. The molecule has 0 spiro atoms. The number of amides is 4. The second-order valence-corrected chi connectivity index (χ2v) is 22.7. The summed E-state index contributed by atoms with van der Waals surface area (Å²) in [5.41, 5.74) is 1.46. The third-order valence-electron chi connectivity index (χ3n) is 16.7. The summed E-state index contributed by atoms with van der Waals surface area (Å²) < 4.78 is 62.3. The van der Waals surface area contributed by atoms with Crippen molar-refractivity contribution in [3.8, 4) is 29.0 Å². The van der Waals surface area contributed by atoms with E-state index in [1.54, 1.807) is 19.9 Å². The number of aryl methyl sites for hydroxylation is 1. The summed E-state index contributed by atoms with van der Waals surface area (Å²) in [6.07, 6.45) is 0.864. The van der Waals surface area contributed by atoms with Crippen LogP contribution in [0.4, 0.5) is 9.18 Å². The van der Waals surface area contributed by atoms with Gasteiger partial charge in [0.2, 0.25) is 18.1 Å². The van der Waals surface area contributed by atoms with Gasteiger partial charge in [0, 0.05) is 68.3 Å². The number of carbonyl (C=O) groups is 8. The fraction of sp³-hybridized carbons (Fsp3) is 0.524. The van der Waals surface area contributed by atoms with Gasteiger partial charge in [0.25, 0.3) is 11.5 Å². The van der Waals surface area contributed by atoms with Crippen molar-refractivity contribution in [2.75, 3.05) is 46.1 Å². The summed E-state index contributed by atoms with van der Waals surface area (Å²) in [4.78, 5) is 122. The largest absolute Gasteiger partial charge is 0.463 e. The lowest BCUT2D eigenvalue weighted by Crippen LogP contribution is -2.54. The highest BCUT2D eigenvalue weighted by Gasteiger charge is 2.47. The number of aromatic nitrogens is 2. The number of ether oxygens (including phenoxy) is 8. The van der Waals surface area contributed by atoms with Crippen molar-refractivity contribution >= 4 is 85.4 Å². The molecule has 90 heavy (non-hydrogen) atoms. The number of carbonyl (C=O) groups excluding carboxylic acids is 8. The van der Waals surface area contributed by atoms with Gasteiger partial charge < -0.3 is 68.8 Å². The average Bonchev–Trinajstić information content (AvgIpc) is 1.46. The van der Waals surface area contributed by atoms with E-state index in [0.717, 1.165) is 37.7 Å². The Morgan fingerprint density at radius 1 is 0.900 bits per heavy atom. The van der Waals surface area contributed by atoms with Crippen molar-refractivity contribution in [1.82, 2.24) is 30.8 Å². The van der Waals surface area contributed by atoms with E-state index in [2.05, 4.69) is 33.1 Å². The van der Waals surface area contributed by atoms with Crippen molar-refractivity contribution in [2.45, 2.75) is 155 Å². The number of hydrogen-bond donors (Lipinski definition) is 5. The van der Waals surface area contributed by atoms with Crippen LogP contribution < -0.4 is 31.6 Å². The van der Waals surface area contributed by atoms with E-state index in [-0.39, 0.29) is 133 Å². The quantitative estimate of drug-likeness (QED) is 0.0253. The SMILES string of the molecule is CC[C@@]1(O)C(=O)OCc2c1cc1n(c2=O)Cc2c-1nc1cc(F)c(C)c3c1c2[C@@H](NC(=O)COCCC(=O)CNC(=O)OCc1ccc(O[C@@H]2O[C@H](COC(C)=O)[C@@H](C)[C@H](C)[C@H]2OC(C)=O)c(C(=O)NCCNC(=O)COC2C#CCCCCC2)c1)CC3.S.S. The molecule has 24 nitrogen and oxygen atoms in total. The fourth-order valence-corrected chi connectivity index (χ4v) is 11.7. The first-order valence-electron chi connectivity index (χ1n) is 29.7. The standard InChI is InChI=1S/C63H73FN6O18.2H2S/c1-7-63(80)45-24-49-56-43(27-70(49)59(77)44(45)29-84-61(63)78)55-47(17-16-41-35(4)46(64)25-48(69-56)54(41)55)68-53(75)31-81-22-19-39(73)26-67-62(79)85-28-38-15-18-50(87-60-57(86-37(6)72)34(3)33(2)51(88-60)30-82-36(5)71)42(23-38)58(76)66-21-20-65-52(74)32-83-40-13-11-9-8-10-12-14-40;;/h15,18,23-25,33-34,40,47,51,57,60,80H,7-11,13,16-17,19-22,26-32H2,1-6H3,(H,65,74)(H,66,76)(H,67,79)(H,68,75);2*1H2/t33-,34-,40?,47-,51+,57+,60+,63-;;/m0../s1. The molecule has 5 aliphatic rings. The van der Waals surface area contributed by atoms with E-state index in [0.29, 0.717) is 57.4 Å². The highest BCUT2D eigenvalue weighted by Crippen LogP contribution is 2.46. The van der Waals surface area contributed by atoms with Gasteiger partial charge in [0.05, 0.1) is 59.9 Å². The van der Waals surface area contributed by atoms with Crippen LogP contribution in [0.3, 0.4) is 0 Å². The minimum atomic E-state index is -2.06. The number of pyridine rings is 2. The average molecular weight is 1290 g/mol. The van der Waals surface area contributed by atoms with Gasteiger partial charge in [-0.05, 0) is 91.8 Å². The number of benzene rings is 2. The van der Waals surface area contributed by atoms with Crippen LogP contribution >= 0.6 is 27.0 Å². The third kappa shape index (κ3) is 15.9. The zero-order valence-corrected chi connectivity index (χ0v) is 53.0. The summed E-state index contributed by atoms with van der Waals surface area (Å²) >= 11 is 0. The van der Waals surface area contributed by atoms with Gasteiger partial charge in [-0.15, -0.1) is 5.92 Å². The van der Waals surface area contributed by atoms with E-state index in [9.17, 15) is 48.3 Å². The Kier molecular flexibility index (Phi) is 24.0. The fourth-order valence-electron chi connectivity index (χ4n) is 11.7. The number of rotatable bonds is 23. The Morgan fingerprint density at radius 3 is 2.43 bits per heavy atom. The predicted molar refractivity (Wildman–Crippen MR) is 330 cm³/mol. The summed E-state index contributed by atoms with van der Waals surface area (Å²) in [5, 5.41) is 22.9. The molecule has 2 aromatic heterocycles. The summed E-state index contributed by atoms with van der Waals surface area (Å²) in [6.45, 7) is 7.43. The van der Waals surface area contributed by atoms with Crippen LogP contribution in [-0.4, -0.2) is 133 Å². The number of ketones is 1. The van der Waals surface area contributed by atoms with Gasteiger partial charge in [-0.25, -0.2) is 19.0 Å². The van der Waals surface area contributed by atoms with Gasteiger partial charge >= 0.3 is 24.0 Å². The van der Waals surface area contributed by atoms with Crippen molar-refractivity contribution < 1.29 is 85.7 Å². The first-order valence-corrected chi connectivity index (χ1v) is 29.7. The predicted octanol–water partition coefficient (Wildman–Crippen LogP) is 4.83. The number of hydrogen-bond acceptors (Lipinski definition) is 19. The molecular formula is C63H77FN6O18S2. The first-order chi connectivity index (χ1) is 42.1. The number of halogens is 1. The second-order valence-electron chi connectivity index (χ2n) is 22.7. The molecule has 27 heteroatoms.